The molecule has 0 spiro atoms. The minimum Gasteiger partial charge on any atom is -0.338 e. The predicted octanol–water partition coefficient (Wildman–Crippen LogP) is 1.80. The molecule has 2 heterocycles. The molecule has 0 bridgehead atoms. The molecule has 1 atom stereocenters. The van der Waals surface area contributed by atoms with Crippen LogP contribution in [0.2, 0.25) is 0 Å². The van der Waals surface area contributed by atoms with Crippen molar-refractivity contribution in [1.29, 1.82) is 0 Å². The number of nitrogens with zero attached hydrogens (tertiary/aromatic N) is 4. The lowest BCUT2D eigenvalue weighted by Crippen LogP contribution is -2.42. The molecule has 1 aromatic carbocycles. The summed E-state index contributed by atoms with van der Waals surface area (Å²) in [4.78, 5) is 18.4. The molecule has 2 amide bonds. The van der Waals surface area contributed by atoms with Gasteiger partial charge in [0.2, 0.25) is 0 Å². The number of aromatic nitrogens is 3. The topological polar surface area (TPSA) is 75.1 Å². The first-order valence-electron chi connectivity index (χ1n) is 8.96. The first-order chi connectivity index (χ1) is 12.3. The highest BCUT2D eigenvalue weighted by molar-refractivity contribution is 5.73. The van der Waals surface area contributed by atoms with Gasteiger partial charge in [-0.2, -0.15) is 5.10 Å². The average molecular weight is 342 g/mol. The van der Waals surface area contributed by atoms with Crippen LogP contribution in [0.25, 0.3) is 0 Å². The van der Waals surface area contributed by atoms with Crippen LogP contribution in [-0.4, -0.2) is 51.9 Å². The minimum absolute atomic E-state index is 0.112. The highest BCUT2D eigenvalue weighted by atomic mass is 16.2. The van der Waals surface area contributed by atoms with Crippen molar-refractivity contribution in [2.24, 2.45) is 0 Å². The molecule has 0 saturated carbocycles. The van der Waals surface area contributed by atoms with Crippen LogP contribution in [0.4, 0.5) is 4.79 Å². The Morgan fingerprint density at radius 1 is 1.16 bits per heavy atom. The number of likely N-dealkylation sites (tertiary alicyclic amines) is 1. The average Bonchev–Trinajstić information content (AvgIpc) is 3.34. The Labute approximate surface area is 148 Å². The summed E-state index contributed by atoms with van der Waals surface area (Å²) in [5.41, 5.74) is 1.26. The zero-order chi connectivity index (χ0) is 17.3. The highest BCUT2D eigenvalue weighted by Crippen LogP contribution is 2.24. The van der Waals surface area contributed by atoms with Gasteiger partial charge in [0.25, 0.3) is 0 Å². The van der Waals surface area contributed by atoms with Gasteiger partial charge < -0.3 is 10.6 Å². The fourth-order valence-electron chi connectivity index (χ4n) is 3.23. The molecule has 0 aliphatic carbocycles. The zero-order valence-corrected chi connectivity index (χ0v) is 14.5. The second kappa shape index (κ2) is 9.17. The van der Waals surface area contributed by atoms with Crippen LogP contribution in [0, 0.1) is 0 Å². The van der Waals surface area contributed by atoms with E-state index in [1.807, 2.05) is 6.07 Å². The molecule has 7 nitrogen and oxygen atoms in total. The Morgan fingerprint density at radius 2 is 1.96 bits per heavy atom. The lowest BCUT2D eigenvalue weighted by molar-refractivity contribution is 0.220. The summed E-state index contributed by atoms with van der Waals surface area (Å²) in [5.74, 6) is 0. The van der Waals surface area contributed by atoms with Gasteiger partial charge in [-0.1, -0.05) is 30.3 Å². The number of benzene rings is 1. The van der Waals surface area contributed by atoms with E-state index in [1.165, 1.54) is 24.7 Å². The van der Waals surface area contributed by atoms with Crippen LogP contribution in [0.1, 0.15) is 30.9 Å². The molecule has 0 unspecified atom stereocenters. The van der Waals surface area contributed by atoms with Gasteiger partial charge in [-0.05, 0) is 37.9 Å². The third-order valence-electron chi connectivity index (χ3n) is 4.54. The largest absolute Gasteiger partial charge is 0.338 e. The lowest BCUT2D eigenvalue weighted by Gasteiger charge is -2.28. The van der Waals surface area contributed by atoms with E-state index >= 15 is 0 Å². The predicted molar refractivity (Wildman–Crippen MR) is 96.0 cm³/mol. The molecule has 3 rings (SSSR count). The molecule has 0 radical (unpaired) electrons. The van der Waals surface area contributed by atoms with Crippen LogP contribution in [0.3, 0.4) is 0 Å². The fourth-order valence-corrected chi connectivity index (χ4v) is 3.23. The van der Waals surface area contributed by atoms with Crippen molar-refractivity contribution in [1.82, 2.24) is 30.3 Å². The van der Waals surface area contributed by atoms with Gasteiger partial charge in [-0.25, -0.2) is 9.78 Å². The Morgan fingerprint density at radius 3 is 2.68 bits per heavy atom. The monoisotopic (exact) mass is 342 g/mol. The maximum absolute atomic E-state index is 12.1. The lowest BCUT2D eigenvalue weighted by atomic mass is 10.1. The van der Waals surface area contributed by atoms with E-state index in [0.29, 0.717) is 13.1 Å². The summed E-state index contributed by atoms with van der Waals surface area (Å²) in [6.07, 6.45) is 6.49. The van der Waals surface area contributed by atoms with Crippen LogP contribution in [0.15, 0.2) is 43.0 Å². The summed E-state index contributed by atoms with van der Waals surface area (Å²) in [6.45, 7) is 4.19. The number of rotatable bonds is 8. The number of carbonyl (C=O) groups is 1. The maximum atomic E-state index is 12.1. The van der Waals surface area contributed by atoms with Crippen molar-refractivity contribution >= 4 is 6.03 Å². The fraction of sp³-hybridized carbons (Fsp3) is 0.500. The Hall–Kier alpha value is -2.41. The number of carbonyl (C=O) groups excluding carboxylic acids is 1. The molecule has 2 N–H and O–H groups in total. The van der Waals surface area contributed by atoms with E-state index in [9.17, 15) is 4.79 Å². The summed E-state index contributed by atoms with van der Waals surface area (Å²) >= 11 is 0. The number of hydrogen-bond acceptors (Lipinski definition) is 4. The number of nitrogens with one attached hydrogen (secondary N) is 2. The van der Waals surface area contributed by atoms with E-state index in [-0.39, 0.29) is 12.1 Å². The summed E-state index contributed by atoms with van der Waals surface area (Å²) in [6, 6.07) is 10.6. The molecule has 1 aliphatic rings. The van der Waals surface area contributed by atoms with Crippen molar-refractivity contribution in [3.63, 3.8) is 0 Å². The minimum atomic E-state index is -0.112. The van der Waals surface area contributed by atoms with Gasteiger partial charge in [-0.15, -0.1) is 0 Å². The quantitative estimate of drug-likeness (QED) is 0.718. The second-order valence-electron chi connectivity index (χ2n) is 6.32. The number of urea groups is 1. The van der Waals surface area contributed by atoms with E-state index in [1.54, 1.807) is 11.0 Å². The van der Waals surface area contributed by atoms with Crippen molar-refractivity contribution in [2.75, 3.05) is 26.2 Å². The summed E-state index contributed by atoms with van der Waals surface area (Å²) in [7, 11) is 0. The first kappa shape index (κ1) is 17.4. The van der Waals surface area contributed by atoms with E-state index in [0.717, 1.165) is 26.1 Å². The second-order valence-corrected chi connectivity index (χ2v) is 6.32. The molecular weight excluding hydrogens is 316 g/mol. The smallest absolute Gasteiger partial charge is 0.314 e. The molecule has 1 fully saturated rings. The number of hydrogen-bond donors (Lipinski definition) is 2. The van der Waals surface area contributed by atoms with Crippen molar-refractivity contribution in [3.8, 4) is 0 Å². The third-order valence-corrected chi connectivity index (χ3v) is 4.54. The molecule has 7 heteroatoms. The summed E-state index contributed by atoms with van der Waals surface area (Å²) < 4.78 is 1.76. The van der Waals surface area contributed by atoms with E-state index < -0.39 is 0 Å². The van der Waals surface area contributed by atoms with Crippen LogP contribution in [0.5, 0.6) is 0 Å². The Bertz CT molecular complexity index is 624. The normalized spacial score (nSPS) is 15.8. The van der Waals surface area contributed by atoms with Crippen LogP contribution >= 0.6 is 0 Å². The van der Waals surface area contributed by atoms with Crippen LogP contribution < -0.4 is 10.6 Å². The maximum Gasteiger partial charge on any atom is 0.314 e. The number of aryl methyl sites for hydroxylation is 1. The Kier molecular flexibility index (Phi) is 6.39. The van der Waals surface area contributed by atoms with Gasteiger partial charge in [0.05, 0.1) is 6.04 Å². The van der Waals surface area contributed by atoms with Gasteiger partial charge in [-0.3, -0.25) is 9.58 Å². The third kappa shape index (κ3) is 5.29. The van der Waals surface area contributed by atoms with Gasteiger partial charge in [0.15, 0.2) is 0 Å². The van der Waals surface area contributed by atoms with E-state index in [2.05, 4.69) is 49.9 Å². The van der Waals surface area contributed by atoms with Crippen molar-refractivity contribution in [3.05, 3.63) is 48.5 Å². The number of amides is 2. The van der Waals surface area contributed by atoms with Gasteiger partial charge in [0, 0.05) is 19.6 Å². The summed E-state index contributed by atoms with van der Waals surface area (Å²) in [5, 5.41) is 9.98. The SMILES string of the molecule is O=C(NCCCn1cncn1)NC[C@@H](c1ccccc1)N1CCCC1. The molecular formula is C18H26N6O. The van der Waals surface area contributed by atoms with Crippen LogP contribution in [-0.2, 0) is 6.54 Å². The van der Waals surface area contributed by atoms with Gasteiger partial charge in [0.1, 0.15) is 12.7 Å². The molecule has 25 heavy (non-hydrogen) atoms. The highest BCUT2D eigenvalue weighted by Gasteiger charge is 2.23. The molecule has 1 aromatic heterocycles. The van der Waals surface area contributed by atoms with E-state index in [4.69, 9.17) is 0 Å². The van der Waals surface area contributed by atoms with Crippen molar-refractivity contribution < 1.29 is 4.79 Å². The first-order valence-corrected chi connectivity index (χ1v) is 8.96. The zero-order valence-electron chi connectivity index (χ0n) is 14.5. The molecule has 1 saturated heterocycles. The Balaban J connectivity index is 1.43. The van der Waals surface area contributed by atoms with Crippen molar-refractivity contribution in [2.45, 2.75) is 31.8 Å². The standard InChI is InChI=1S/C18H26N6O/c25-18(20-9-6-12-24-15-19-14-22-24)21-13-17(23-10-4-5-11-23)16-7-2-1-3-8-16/h1-3,7-8,14-15,17H,4-6,9-13H2,(H2,20,21,25)/t17-/m0/s1. The molecule has 2 aromatic rings. The molecule has 134 valence electrons. The molecule has 1 aliphatic heterocycles. The van der Waals surface area contributed by atoms with Gasteiger partial charge >= 0.3 is 6.03 Å².